The molecule has 0 saturated carbocycles. The maximum absolute atomic E-state index is 6.52. The molecule has 0 fully saturated rings. The van der Waals surface area contributed by atoms with E-state index in [0.717, 1.165) is 95.0 Å². The van der Waals surface area contributed by atoms with Crippen LogP contribution in [-0.4, -0.2) is 4.98 Å². The van der Waals surface area contributed by atoms with Gasteiger partial charge in [0.25, 0.3) is 0 Å². The van der Waals surface area contributed by atoms with Crippen LogP contribution in [0.15, 0.2) is 271 Å². The molecule has 0 amide bonds. The highest BCUT2D eigenvalue weighted by atomic mass is 16.3. The standard InChI is InChI=1S/C63H44N4O/c1-6-18-45(19-7-1)46-32-36-49(37-33-46)63-64-62-60(68-63)41-39-48-35-34-47-38-40-58(44-59(47)61(48)62)67(53-26-14-5-15-27-53)57-31-17-30-56(43-57)66(52-24-12-4-13-25-52)55-29-16-28-54(42-55)65(50-20-8-2-9-21-50)51-22-10-3-11-23-51/h1-44H. The van der Waals surface area contributed by atoms with Gasteiger partial charge < -0.3 is 19.1 Å². The lowest BCUT2D eigenvalue weighted by molar-refractivity contribution is 0.620. The number of rotatable bonds is 11. The van der Waals surface area contributed by atoms with Crippen molar-refractivity contribution in [3.8, 4) is 22.6 Å². The molecule has 0 spiro atoms. The SMILES string of the molecule is c1ccc(-c2ccc(-c3nc4c(ccc5ccc6ccc(N(c7ccccc7)c7cccc(N(c8ccccc8)c8cccc(N(c9ccccc9)c9ccccc9)c8)c7)cc6c54)o3)cc2)cc1. The smallest absolute Gasteiger partial charge is 0.227 e. The van der Waals surface area contributed by atoms with Crippen molar-refractivity contribution < 1.29 is 4.42 Å². The Hall–Kier alpha value is -9.19. The first-order valence-electron chi connectivity index (χ1n) is 22.9. The minimum Gasteiger partial charge on any atom is -0.436 e. The van der Waals surface area contributed by atoms with Crippen molar-refractivity contribution in [2.24, 2.45) is 0 Å². The van der Waals surface area contributed by atoms with E-state index in [-0.39, 0.29) is 0 Å². The lowest BCUT2D eigenvalue weighted by Crippen LogP contribution is -2.14. The van der Waals surface area contributed by atoms with Crippen molar-refractivity contribution in [1.29, 1.82) is 0 Å². The Balaban J connectivity index is 0.974. The van der Waals surface area contributed by atoms with E-state index in [2.05, 4.69) is 269 Å². The van der Waals surface area contributed by atoms with Gasteiger partial charge in [-0.1, -0.05) is 152 Å². The molecule has 1 heterocycles. The van der Waals surface area contributed by atoms with Gasteiger partial charge in [0, 0.05) is 62.1 Å². The maximum atomic E-state index is 6.52. The normalized spacial score (nSPS) is 11.2. The summed E-state index contributed by atoms with van der Waals surface area (Å²) in [5.74, 6) is 0.601. The Morgan fingerprint density at radius 2 is 0.647 bits per heavy atom. The van der Waals surface area contributed by atoms with Crippen LogP contribution in [0.3, 0.4) is 0 Å². The first-order chi connectivity index (χ1) is 33.7. The molecule has 0 saturated heterocycles. The van der Waals surface area contributed by atoms with Crippen LogP contribution in [0.1, 0.15) is 0 Å². The average Bonchev–Trinajstić information content (AvgIpc) is 3.86. The second-order valence-electron chi connectivity index (χ2n) is 16.8. The number of aromatic nitrogens is 1. The molecular weight excluding hydrogens is 829 g/mol. The van der Waals surface area contributed by atoms with E-state index in [1.807, 2.05) is 12.1 Å². The first kappa shape index (κ1) is 40.3. The van der Waals surface area contributed by atoms with Gasteiger partial charge in [-0.05, 0) is 143 Å². The van der Waals surface area contributed by atoms with Crippen LogP contribution in [0.2, 0.25) is 0 Å². The number of benzene rings is 11. The molecule has 12 rings (SSSR count). The molecule has 0 aliphatic rings. The topological polar surface area (TPSA) is 35.8 Å². The van der Waals surface area contributed by atoms with Gasteiger partial charge in [0.1, 0.15) is 5.52 Å². The summed E-state index contributed by atoms with van der Waals surface area (Å²) in [6.07, 6.45) is 0. The van der Waals surface area contributed by atoms with Gasteiger partial charge in [-0.2, -0.15) is 0 Å². The van der Waals surface area contributed by atoms with Crippen LogP contribution < -0.4 is 14.7 Å². The van der Waals surface area contributed by atoms with E-state index in [1.165, 1.54) is 5.56 Å². The Morgan fingerprint density at radius 3 is 1.15 bits per heavy atom. The van der Waals surface area contributed by atoms with Gasteiger partial charge in [0.05, 0.1) is 0 Å². The largest absolute Gasteiger partial charge is 0.436 e. The highest BCUT2D eigenvalue weighted by molar-refractivity contribution is 6.19. The Bertz CT molecular complexity index is 3630. The fourth-order valence-electron chi connectivity index (χ4n) is 9.41. The van der Waals surface area contributed by atoms with Crippen LogP contribution in [0.5, 0.6) is 0 Å². The third kappa shape index (κ3) is 7.68. The number of hydrogen-bond acceptors (Lipinski definition) is 5. The molecule has 0 radical (unpaired) electrons. The Labute approximate surface area is 395 Å². The predicted octanol–water partition coefficient (Wildman–Crippen LogP) is 17.9. The van der Waals surface area contributed by atoms with Crippen LogP contribution in [0.4, 0.5) is 51.2 Å². The number of fused-ring (bicyclic) bond motifs is 5. The molecule has 0 aliphatic heterocycles. The van der Waals surface area contributed by atoms with Crippen LogP contribution in [0, 0.1) is 0 Å². The van der Waals surface area contributed by atoms with E-state index < -0.39 is 0 Å². The highest BCUT2D eigenvalue weighted by Gasteiger charge is 2.21. The molecule has 0 aliphatic carbocycles. The van der Waals surface area contributed by atoms with Crippen molar-refractivity contribution in [3.05, 3.63) is 267 Å². The van der Waals surface area contributed by atoms with Gasteiger partial charge in [0.15, 0.2) is 5.58 Å². The molecule has 1 aromatic heterocycles. The zero-order valence-electron chi connectivity index (χ0n) is 37.1. The summed E-state index contributed by atoms with van der Waals surface area (Å²) in [5, 5.41) is 4.40. The van der Waals surface area contributed by atoms with E-state index in [0.29, 0.717) is 5.89 Å². The number of para-hydroxylation sites is 4. The third-order valence-corrected chi connectivity index (χ3v) is 12.6. The van der Waals surface area contributed by atoms with E-state index in [1.54, 1.807) is 0 Å². The first-order valence-corrected chi connectivity index (χ1v) is 22.9. The lowest BCUT2D eigenvalue weighted by atomic mass is 9.99. The van der Waals surface area contributed by atoms with Crippen LogP contribution in [-0.2, 0) is 0 Å². The molecule has 322 valence electrons. The van der Waals surface area contributed by atoms with Gasteiger partial charge in [-0.3, -0.25) is 0 Å². The molecular formula is C63H44N4O. The van der Waals surface area contributed by atoms with Crippen molar-refractivity contribution in [2.45, 2.75) is 0 Å². The zero-order chi connectivity index (χ0) is 45.2. The molecule has 11 aromatic carbocycles. The van der Waals surface area contributed by atoms with E-state index in [9.17, 15) is 0 Å². The molecule has 0 N–H and O–H groups in total. The fraction of sp³-hybridized carbons (Fsp3) is 0. The van der Waals surface area contributed by atoms with E-state index in [4.69, 9.17) is 9.40 Å². The summed E-state index contributed by atoms with van der Waals surface area (Å²) < 4.78 is 6.52. The van der Waals surface area contributed by atoms with Gasteiger partial charge in [-0.25, -0.2) is 4.98 Å². The maximum Gasteiger partial charge on any atom is 0.227 e. The second-order valence-corrected chi connectivity index (χ2v) is 16.8. The van der Waals surface area contributed by atoms with Crippen molar-refractivity contribution in [1.82, 2.24) is 4.98 Å². The van der Waals surface area contributed by atoms with Crippen LogP contribution >= 0.6 is 0 Å². The quantitative estimate of drug-likeness (QED) is 0.121. The summed E-state index contributed by atoms with van der Waals surface area (Å²) in [6, 6.07) is 94.1. The second kappa shape index (κ2) is 17.7. The lowest BCUT2D eigenvalue weighted by Gasteiger charge is -2.31. The summed E-state index contributed by atoms with van der Waals surface area (Å²) >= 11 is 0. The minimum absolute atomic E-state index is 0.601. The van der Waals surface area contributed by atoms with Gasteiger partial charge >= 0.3 is 0 Å². The predicted molar refractivity (Wildman–Crippen MR) is 284 cm³/mol. The number of oxazole rings is 1. The van der Waals surface area contributed by atoms with E-state index >= 15 is 0 Å². The monoisotopic (exact) mass is 872 g/mol. The summed E-state index contributed by atoms with van der Waals surface area (Å²) in [6.45, 7) is 0. The fourth-order valence-corrected chi connectivity index (χ4v) is 9.41. The molecule has 68 heavy (non-hydrogen) atoms. The zero-order valence-corrected chi connectivity index (χ0v) is 37.1. The molecule has 12 aromatic rings. The molecule has 0 unspecified atom stereocenters. The molecule has 5 nitrogen and oxygen atoms in total. The molecule has 5 heteroatoms. The van der Waals surface area contributed by atoms with Crippen molar-refractivity contribution in [2.75, 3.05) is 14.7 Å². The summed E-state index contributed by atoms with van der Waals surface area (Å²) in [4.78, 5) is 12.2. The third-order valence-electron chi connectivity index (χ3n) is 12.6. The van der Waals surface area contributed by atoms with Crippen molar-refractivity contribution in [3.63, 3.8) is 0 Å². The summed E-state index contributed by atoms with van der Waals surface area (Å²) in [7, 11) is 0. The average molecular weight is 873 g/mol. The van der Waals surface area contributed by atoms with Crippen molar-refractivity contribution >= 4 is 83.8 Å². The molecule has 0 bridgehead atoms. The summed E-state index contributed by atoms with van der Waals surface area (Å²) in [5.41, 5.74) is 14.3. The number of anilines is 9. The molecule has 0 atom stereocenters. The van der Waals surface area contributed by atoms with Crippen LogP contribution in [0.25, 0.3) is 55.2 Å². The van der Waals surface area contributed by atoms with Gasteiger partial charge in [0.2, 0.25) is 5.89 Å². The number of hydrogen-bond donors (Lipinski definition) is 0. The highest BCUT2D eigenvalue weighted by Crippen LogP contribution is 2.44. The Morgan fingerprint density at radius 1 is 0.279 bits per heavy atom. The minimum atomic E-state index is 0.601. The Kier molecular flexibility index (Phi) is 10.5. The van der Waals surface area contributed by atoms with Gasteiger partial charge in [-0.15, -0.1) is 0 Å². The number of nitrogens with zero attached hydrogens (tertiary/aromatic N) is 4.